The molecule has 3 nitrogen and oxygen atoms in total. The lowest BCUT2D eigenvalue weighted by molar-refractivity contribution is 0.482. The number of nitrogens with one attached hydrogen (secondary N) is 1. The van der Waals surface area contributed by atoms with Gasteiger partial charge >= 0.3 is 0 Å². The molecule has 22 heavy (non-hydrogen) atoms. The van der Waals surface area contributed by atoms with Gasteiger partial charge in [0.05, 0.1) is 4.90 Å². The smallest absolute Gasteiger partial charge is 0.207 e. The van der Waals surface area contributed by atoms with E-state index < -0.39 is 10.0 Å². The number of fused-ring (bicyclic) bond motifs is 1. The fraction of sp³-hybridized carbons (Fsp3) is 0.333. The molecule has 0 radical (unpaired) electrons. The molecule has 0 saturated carbocycles. The Morgan fingerprint density at radius 2 is 1.73 bits per heavy atom. The highest BCUT2D eigenvalue weighted by Gasteiger charge is 2.34. The summed E-state index contributed by atoms with van der Waals surface area (Å²) in [6.07, 6.45) is 2.81. The average molecular weight is 315 g/mol. The molecule has 0 amide bonds. The van der Waals surface area contributed by atoms with E-state index in [0.717, 1.165) is 19.3 Å². The Balaban J connectivity index is 1.87. The highest BCUT2D eigenvalue weighted by Crippen LogP contribution is 2.37. The maximum absolute atomic E-state index is 12.6. The van der Waals surface area contributed by atoms with Crippen molar-refractivity contribution in [3.63, 3.8) is 0 Å². The first kappa shape index (κ1) is 15.3. The molecule has 0 heterocycles. The van der Waals surface area contributed by atoms with Gasteiger partial charge in [0.1, 0.15) is 0 Å². The fourth-order valence-corrected chi connectivity index (χ4v) is 4.63. The normalized spacial score (nSPS) is 20.8. The molecule has 3 rings (SSSR count). The molecular weight excluding hydrogens is 294 g/mol. The molecule has 2 aromatic rings. The second kappa shape index (κ2) is 6.23. The number of sulfonamides is 1. The molecule has 116 valence electrons. The van der Waals surface area contributed by atoms with Crippen molar-refractivity contribution in [3.8, 4) is 0 Å². The molecular formula is C18H21NO2S. The quantitative estimate of drug-likeness (QED) is 0.918. The number of hydrogen-bond acceptors (Lipinski definition) is 2. The molecule has 2 aromatic carbocycles. The molecule has 1 N–H and O–H groups in total. The highest BCUT2D eigenvalue weighted by atomic mass is 32.2. The van der Waals surface area contributed by atoms with E-state index in [2.05, 4.69) is 23.8 Å². The van der Waals surface area contributed by atoms with Crippen molar-refractivity contribution >= 4 is 10.0 Å². The lowest BCUT2D eigenvalue weighted by Gasteiger charge is -2.21. The van der Waals surface area contributed by atoms with Crippen molar-refractivity contribution < 1.29 is 8.42 Å². The van der Waals surface area contributed by atoms with E-state index in [0.29, 0.717) is 4.90 Å². The van der Waals surface area contributed by atoms with Gasteiger partial charge in [0.2, 0.25) is 10.0 Å². The van der Waals surface area contributed by atoms with E-state index >= 15 is 0 Å². The van der Waals surface area contributed by atoms with Gasteiger partial charge in [-0.05, 0) is 36.1 Å². The molecule has 0 saturated heterocycles. The maximum Gasteiger partial charge on any atom is 0.240 e. The molecule has 0 aromatic heterocycles. The Hall–Kier alpha value is -1.65. The Morgan fingerprint density at radius 3 is 2.45 bits per heavy atom. The van der Waals surface area contributed by atoms with Crippen LogP contribution in [0.25, 0.3) is 0 Å². The molecule has 1 aliphatic carbocycles. The first-order valence-corrected chi connectivity index (χ1v) is 9.25. The van der Waals surface area contributed by atoms with E-state index in [-0.39, 0.29) is 12.0 Å². The third kappa shape index (κ3) is 2.94. The van der Waals surface area contributed by atoms with Crippen LogP contribution in [0.15, 0.2) is 59.5 Å². The van der Waals surface area contributed by atoms with Crippen LogP contribution in [0, 0.1) is 0 Å². The van der Waals surface area contributed by atoms with Crippen molar-refractivity contribution in [1.29, 1.82) is 0 Å². The van der Waals surface area contributed by atoms with Crippen LogP contribution in [-0.2, 0) is 16.4 Å². The summed E-state index contributed by atoms with van der Waals surface area (Å²) in [5.74, 6) is 0.264. The Kier molecular flexibility index (Phi) is 4.32. The molecule has 0 spiro atoms. The third-order valence-electron chi connectivity index (χ3n) is 4.34. The molecule has 0 aliphatic heterocycles. The summed E-state index contributed by atoms with van der Waals surface area (Å²) in [4.78, 5) is 0.334. The van der Waals surface area contributed by atoms with E-state index in [4.69, 9.17) is 0 Å². The van der Waals surface area contributed by atoms with Gasteiger partial charge in [-0.15, -0.1) is 0 Å². The summed E-state index contributed by atoms with van der Waals surface area (Å²) in [7, 11) is -3.46. The first-order valence-electron chi connectivity index (χ1n) is 7.77. The maximum atomic E-state index is 12.6. The monoisotopic (exact) mass is 315 g/mol. The summed E-state index contributed by atoms with van der Waals surface area (Å²) in [5, 5.41) is 0. The standard InChI is InChI=1S/C18H21NO2S/c1-2-8-17-16-12-7-6-9-14(16)13-18(17)19-22(20,21)15-10-4-3-5-11-15/h3-7,9-12,17-19H,2,8,13H2,1H3/t17-,18+/m0/s1. The van der Waals surface area contributed by atoms with Crippen molar-refractivity contribution in [2.75, 3.05) is 0 Å². The van der Waals surface area contributed by atoms with Crippen molar-refractivity contribution in [2.24, 2.45) is 0 Å². The molecule has 0 fully saturated rings. The Bertz CT molecular complexity index is 741. The molecule has 0 unspecified atom stereocenters. The van der Waals surface area contributed by atoms with Crippen LogP contribution >= 0.6 is 0 Å². The zero-order valence-corrected chi connectivity index (χ0v) is 13.5. The average Bonchev–Trinajstić information content (AvgIpc) is 2.86. The van der Waals surface area contributed by atoms with Crippen LogP contribution in [0.1, 0.15) is 36.8 Å². The Labute approximate surface area is 132 Å². The largest absolute Gasteiger partial charge is 0.240 e. The van der Waals surface area contributed by atoms with Gasteiger partial charge in [0.25, 0.3) is 0 Å². The van der Waals surface area contributed by atoms with E-state index in [1.165, 1.54) is 11.1 Å². The lowest BCUT2D eigenvalue weighted by atomic mass is 9.94. The summed E-state index contributed by atoms with van der Waals surface area (Å²) in [6, 6.07) is 16.8. The van der Waals surface area contributed by atoms with Crippen LogP contribution in [0.4, 0.5) is 0 Å². The third-order valence-corrected chi connectivity index (χ3v) is 5.85. The summed E-state index contributed by atoms with van der Waals surface area (Å²) >= 11 is 0. The minimum Gasteiger partial charge on any atom is -0.207 e. The predicted octanol–water partition coefficient (Wildman–Crippen LogP) is 3.47. The van der Waals surface area contributed by atoms with Gasteiger partial charge in [-0.3, -0.25) is 0 Å². The molecule has 2 atom stereocenters. The van der Waals surface area contributed by atoms with Crippen LogP contribution in [0.3, 0.4) is 0 Å². The first-order chi connectivity index (χ1) is 10.6. The van der Waals surface area contributed by atoms with E-state index in [9.17, 15) is 8.42 Å². The van der Waals surface area contributed by atoms with Crippen LogP contribution in [0.2, 0.25) is 0 Å². The SMILES string of the molecule is CCC[C@H]1c2ccccc2C[C@H]1NS(=O)(=O)c1ccccc1. The van der Waals surface area contributed by atoms with Crippen molar-refractivity contribution in [2.45, 2.75) is 43.0 Å². The minimum absolute atomic E-state index is 0.0532. The minimum atomic E-state index is -3.46. The summed E-state index contributed by atoms with van der Waals surface area (Å²) < 4.78 is 28.1. The van der Waals surface area contributed by atoms with Crippen LogP contribution in [0.5, 0.6) is 0 Å². The zero-order chi connectivity index (χ0) is 15.6. The molecule has 4 heteroatoms. The van der Waals surface area contributed by atoms with Gasteiger partial charge in [-0.2, -0.15) is 0 Å². The van der Waals surface area contributed by atoms with Gasteiger partial charge in [0, 0.05) is 12.0 Å². The van der Waals surface area contributed by atoms with E-state index in [1.807, 2.05) is 18.2 Å². The second-order valence-corrected chi connectivity index (χ2v) is 7.55. The predicted molar refractivity (Wildman–Crippen MR) is 88.3 cm³/mol. The molecule has 0 bridgehead atoms. The fourth-order valence-electron chi connectivity index (χ4n) is 3.34. The van der Waals surface area contributed by atoms with Crippen molar-refractivity contribution in [1.82, 2.24) is 4.72 Å². The van der Waals surface area contributed by atoms with Crippen LogP contribution < -0.4 is 4.72 Å². The zero-order valence-electron chi connectivity index (χ0n) is 12.7. The van der Waals surface area contributed by atoms with E-state index in [1.54, 1.807) is 24.3 Å². The van der Waals surface area contributed by atoms with Gasteiger partial charge < -0.3 is 0 Å². The van der Waals surface area contributed by atoms with Crippen LogP contribution in [-0.4, -0.2) is 14.5 Å². The number of rotatable bonds is 5. The van der Waals surface area contributed by atoms with Crippen molar-refractivity contribution in [3.05, 3.63) is 65.7 Å². The summed E-state index contributed by atoms with van der Waals surface area (Å²) in [6.45, 7) is 2.14. The topological polar surface area (TPSA) is 46.2 Å². The highest BCUT2D eigenvalue weighted by molar-refractivity contribution is 7.89. The number of benzene rings is 2. The van der Waals surface area contributed by atoms with Gasteiger partial charge in [-0.1, -0.05) is 55.8 Å². The second-order valence-electron chi connectivity index (χ2n) is 5.84. The summed E-state index contributed by atoms with van der Waals surface area (Å²) in [5.41, 5.74) is 2.56. The number of hydrogen-bond donors (Lipinski definition) is 1. The Morgan fingerprint density at radius 1 is 1.05 bits per heavy atom. The lowest BCUT2D eigenvalue weighted by Crippen LogP contribution is -2.37. The van der Waals surface area contributed by atoms with Gasteiger partial charge in [0.15, 0.2) is 0 Å². The van der Waals surface area contributed by atoms with Gasteiger partial charge in [-0.25, -0.2) is 13.1 Å². The molecule has 1 aliphatic rings.